The minimum Gasteiger partial charge on any atom is -0.491 e. The largest absolute Gasteiger partial charge is 0.491 e. The van der Waals surface area contributed by atoms with E-state index in [0.717, 1.165) is 0 Å². The highest BCUT2D eigenvalue weighted by Crippen LogP contribution is 2.21. The van der Waals surface area contributed by atoms with Crippen LogP contribution in [0.1, 0.15) is 10.4 Å². The molecular formula is C11H10N4O3. The predicted octanol–water partition coefficient (Wildman–Crippen LogP) is 1.06. The van der Waals surface area contributed by atoms with Gasteiger partial charge in [-0.25, -0.2) is 0 Å². The van der Waals surface area contributed by atoms with Crippen LogP contribution in [0.25, 0.3) is 10.4 Å². The summed E-state index contributed by atoms with van der Waals surface area (Å²) in [6.45, 7) is 0.497. The van der Waals surface area contributed by atoms with Gasteiger partial charge in [0.2, 0.25) is 5.91 Å². The molecule has 1 aliphatic heterocycles. The Hall–Kier alpha value is -2.53. The molecule has 92 valence electrons. The standard InChI is InChI=1S/C11H10N4O3/c12-15-14-9-10(16)7-3-1-2-4-8(7)18-6-5-13-11(9)17/h1-4,9H,5-6H2,(H,13,17). The minimum absolute atomic E-state index is 0.243. The van der Waals surface area contributed by atoms with Crippen LogP contribution in [0.15, 0.2) is 29.4 Å². The van der Waals surface area contributed by atoms with Gasteiger partial charge in [0.1, 0.15) is 12.4 Å². The quantitative estimate of drug-likeness (QED) is 0.346. The van der Waals surface area contributed by atoms with Crippen molar-refractivity contribution in [3.63, 3.8) is 0 Å². The van der Waals surface area contributed by atoms with Crippen molar-refractivity contribution in [3.05, 3.63) is 40.3 Å². The van der Waals surface area contributed by atoms with E-state index in [2.05, 4.69) is 15.3 Å². The van der Waals surface area contributed by atoms with Crippen LogP contribution in [0.4, 0.5) is 0 Å². The predicted molar refractivity (Wildman–Crippen MR) is 62.2 cm³/mol. The van der Waals surface area contributed by atoms with Gasteiger partial charge in [-0.05, 0) is 17.7 Å². The number of fused-ring (bicyclic) bond motifs is 1. The Morgan fingerprint density at radius 1 is 1.39 bits per heavy atom. The van der Waals surface area contributed by atoms with Gasteiger partial charge in [0.15, 0.2) is 11.8 Å². The molecule has 1 unspecified atom stereocenters. The molecule has 0 bridgehead atoms. The lowest BCUT2D eigenvalue weighted by atomic mass is 10.0. The fraction of sp³-hybridized carbons (Fsp3) is 0.273. The molecule has 0 radical (unpaired) electrons. The summed E-state index contributed by atoms with van der Waals surface area (Å²) in [6, 6.07) is 5.16. The van der Waals surface area contributed by atoms with Crippen molar-refractivity contribution >= 4 is 11.7 Å². The van der Waals surface area contributed by atoms with E-state index >= 15 is 0 Å². The van der Waals surface area contributed by atoms with Gasteiger partial charge < -0.3 is 10.1 Å². The van der Waals surface area contributed by atoms with Gasteiger partial charge in [0.05, 0.1) is 12.1 Å². The van der Waals surface area contributed by atoms with Crippen molar-refractivity contribution < 1.29 is 14.3 Å². The lowest BCUT2D eigenvalue weighted by molar-refractivity contribution is -0.121. The number of nitrogens with one attached hydrogen (secondary N) is 1. The second-order valence-corrected chi connectivity index (χ2v) is 3.61. The van der Waals surface area contributed by atoms with Crippen molar-refractivity contribution in [2.75, 3.05) is 13.2 Å². The Morgan fingerprint density at radius 3 is 2.94 bits per heavy atom. The van der Waals surface area contributed by atoms with Crippen molar-refractivity contribution in [2.24, 2.45) is 5.11 Å². The Balaban J connectivity index is 2.48. The number of azide groups is 1. The fourth-order valence-corrected chi connectivity index (χ4v) is 1.65. The van der Waals surface area contributed by atoms with Crippen LogP contribution < -0.4 is 10.1 Å². The van der Waals surface area contributed by atoms with Crippen LogP contribution in [-0.4, -0.2) is 30.9 Å². The summed E-state index contributed by atoms with van der Waals surface area (Å²) in [6.07, 6.45) is 0. The number of hydrogen-bond acceptors (Lipinski definition) is 4. The van der Waals surface area contributed by atoms with Gasteiger partial charge in [-0.2, -0.15) is 0 Å². The van der Waals surface area contributed by atoms with Gasteiger partial charge >= 0.3 is 0 Å². The number of amides is 1. The summed E-state index contributed by atoms with van der Waals surface area (Å²) >= 11 is 0. The van der Waals surface area contributed by atoms with Crippen LogP contribution in [0.3, 0.4) is 0 Å². The van der Waals surface area contributed by atoms with E-state index < -0.39 is 17.7 Å². The number of ketones is 1. The van der Waals surface area contributed by atoms with Crippen molar-refractivity contribution in [1.29, 1.82) is 0 Å². The summed E-state index contributed by atoms with van der Waals surface area (Å²) in [7, 11) is 0. The number of para-hydroxylation sites is 1. The zero-order valence-electron chi connectivity index (χ0n) is 9.37. The number of carbonyl (C=O) groups is 2. The van der Waals surface area contributed by atoms with Crippen LogP contribution in [0.2, 0.25) is 0 Å². The second kappa shape index (κ2) is 5.20. The van der Waals surface area contributed by atoms with E-state index in [9.17, 15) is 9.59 Å². The number of ether oxygens (including phenoxy) is 1. The molecule has 0 saturated heterocycles. The normalized spacial score (nSPS) is 19.2. The van der Waals surface area contributed by atoms with Crippen LogP contribution >= 0.6 is 0 Å². The second-order valence-electron chi connectivity index (χ2n) is 3.61. The first kappa shape index (κ1) is 11.9. The minimum atomic E-state index is -1.39. The third kappa shape index (κ3) is 2.26. The van der Waals surface area contributed by atoms with Crippen molar-refractivity contribution in [1.82, 2.24) is 5.32 Å². The lowest BCUT2D eigenvalue weighted by Gasteiger charge is -2.09. The smallest absolute Gasteiger partial charge is 0.237 e. The van der Waals surface area contributed by atoms with E-state index in [1.165, 1.54) is 6.07 Å². The van der Waals surface area contributed by atoms with E-state index in [0.29, 0.717) is 5.75 Å². The van der Waals surface area contributed by atoms with Crippen molar-refractivity contribution in [2.45, 2.75) is 6.04 Å². The monoisotopic (exact) mass is 246 g/mol. The molecule has 1 heterocycles. The van der Waals surface area contributed by atoms with Gasteiger partial charge in [-0.3, -0.25) is 9.59 Å². The molecule has 7 nitrogen and oxygen atoms in total. The van der Waals surface area contributed by atoms with E-state index in [4.69, 9.17) is 10.3 Å². The van der Waals surface area contributed by atoms with Crippen LogP contribution in [-0.2, 0) is 4.79 Å². The molecule has 0 aromatic heterocycles. The third-order valence-electron chi connectivity index (χ3n) is 2.48. The average molecular weight is 246 g/mol. The number of benzene rings is 1. The maximum Gasteiger partial charge on any atom is 0.237 e. The third-order valence-corrected chi connectivity index (χ3v) is 2.48. The topological polar surface area (TPSA) is 104 Å². The number of hydrogen-bond donors (Lipinski definition) is 1. The molecule has 1 N–H and O–H groups in total. The first-order valence-electron chi connectivity index (χ1n) is 5.32. The van der Waals surface area contributed by atoms with Gasteiger partial charge in [0.25, 0.3) is 0 Å². The van der Waals surface area contributed by atoms with E-state index in [1.807, 2.05) is 0 Å². The number of Topliss-reactive ketones (excluding diaryl/α,β-unsaturated/α-hetero) is 1. The highest BCUT2D eigenvalue weighted by Gasteiger charge is 2.29. The number of carbonyl (C=O) groups excluding carboxylic acids is 2. The fourth-order valence-electron chi connectivity index (χ4n) is 1.65. The highest BCUT2D eigenvalue weighted by molar-refractivity contribution is 6.14. The first-order chi connectivity index (χ1) is 8.74. The Morgan fingerprint density at radius 2 is 2.17 bits per heavy atom. The Bertz CT molecular complexity index is 537. The molecule has 1 aromatic rings. The van der Waals surface area contributed by atoms with Gasteiger partial charge in [0, 0.05) is 4.91 Å². The zero-order chi connectivity index (χ0) is 13.0. The molecule has 0 aliphatic carbocycles. The summed E-state index contributed by atoms with van der Waals surface area (Å²) in [4.78, 5) is 26.4. The molecular weight excluding hydrogens is 236 g/mol. The summed E-state index contributed by atoms with van der Waals surface area (Å²) < 4.78 is 5.38. The SMILES string of the molecule is [N-]=[N+]=NC1C(=O)NCCOc2ccccc2C1=O. The summed E-state index contributed by atoms with van der Waals surface area (Å²) in [5, 5.41) is 5.73. The molecule has 1 atom stereocenters. The number of rotatable bonds is 1. The lowest BCUT2D eigenvalue weighted by Crippen LogP contribution is -2.39. The highest BCUT2D eigenvalue weighted by atomic mass is 16.5. The zero-order valence-corrected chi connectivity index (χ0v) is 9.37. The van der Waals surface area contributed by atoms with Gasteiger partial charge in [-0.1, -0.05) is 17.2 Å². The first-order valence-corrected chi connectivity index (χ1v) is 5.32. The molecule has 7 heteroatoms. The molecule has 2 rings (SSSR count). The summed E-state index contributed by atoms with van der Waals surface area (Å²) in [5.41, 5.74) is 8.67. The Kier molecular flexibility index (Phi) is 3.45. The molecule has 1 aliphatic rings. The van der Waals surface area contributed by atoms with Crippen LogP contribution in [0, 0.1) is 0 Å². The molecule has 0 saturated carbocycles. The van der Waals surface area contributed by atoms with Crippen molar-refractivity contribution in [3.8, 4) is 5.75 Å². The Labute approximate surface area is 102 Å². The molecule has 18 heavy (non-hydrogen) atoms. The molecule has 0 fully saturated rings. The van der Waals surface area contributed by atoms with Gasteiger partial charge in [-0.15, -0.1) is 0 Å². The average Bonchev–Trinajstić information content (AvgIpc) is 2.44. The maximum absolute atomic E-state index is 12.1. The number of nitrogens with zero attached hydrogens (tertiary/aromatic N) is 3. The van der Waals surface area contributed by atoms with E-state index in [-0.39, 0.29) is 18.7 Å². The molecule has 1 amide bonds. The molecule has 1 aromatic carbocycles. The summed E-state index contributed by atoms with van der Waals surface area (Å²) in [5.74, 6) is -0.793. The maximum atomic E-state index is 12.1. The van der Waals surface area contributed by atoms with Crippen LogP contribution in [0.5, 0.6) is 5.75 Å². The van der Waals surface area contributed by atoms with E-state index in [1.54, 1.807) is 18.2 Å². The molecule has 0 spiro atoms.